The molecule has 0 aliphatic heterocycles. The van der Waals surface area contributed by atoms with E-state index >= 15 is 0 Å². The molecule has 0 aromatic carbocycles. The molecule has 0 bridgehead atoms. The summed E-state index contributed by atoms with van der Waals surface area (Å²) in [4.78, 5) is 9.17. The molecule has 96 valence electrons. The zero-order valence-electron chi connectivity index (χ0n) is 11.4. The molecule has 0 saturated heterocycles. The fourth-order valence-electron chi connectivity index (χ4n) is 1.93. The monoisotopic (exact) mass is 253 g/mol. The van der Waals surface area contributed by atoms with Gasteiger partial charge in [-0.05, 0) is 37.1 Å². The van der Waals surface area contributed by atoms with Gasteiger partial charge in [0.05, 0.1) is 5.75 Å². The van der Waals surface area contributed by atoms with Gasteiger partial charge < -0.3 is 5.73 Å². The van der Waals surface area contributed by atoms with E-state index in [9.17, 15) is 0 Å². The van der Waals surface area contributed by atoms with Crippen LogP contribution in [0.15, 0.2) is 0 Å². The molecule has 1 aromatic rings. The highest BCUT2D eigenvalue weighted by molar-refractivity contribution is 7.99. The summed E-state index contributed by atoms with van der Waals surface area (Å²) in [5.41, 5.74) is 9.09. The first-order valence-electron chi connectivity index (χ1n) is 6.11. The van der Waals surface area contributed by atoms with Crippen LogP contribution in [-0.2, 0) is 5.75 Å². The van der Waals surface area contributed by atoms with Crippen LogP contribution < -0.4 is 5.73 Å². The molecular weight excluding hydrogens is 230 g/mol. The molecule has 4 heteroatoms. The van der Waals surface area contributed by atoms with E-state index in [1.165, 1.54) is 5.56 Å². The fraction of sp³-hybridized carbons (Fsp3) is 0.692. The predicted octanol–water partition coefficient (Wildman–Crippen LogP) is 2.80. The van der Waals surface area contributed by atoms with Crippen molar-refractivity contribution in [1.82, 2.24) is 9.97 Å². The van der Waals surface area contributed by atoms with E-state index in [0.29, 0.717) is 17.7 Å². The molecule has 1 rings (SSSR count). The van der Waals surface area contributed by atoms with E-state index in [0.717, 1.165) is 23.0 Å². The second-order valence-electron chi connectivity index (χ2n) is 4.72. The van der Waals surface area contributed by atoms with Crippen LogP contribution in [0.1, 0.15) is 49.5 Å². The van der Waals surface area contributed by atoms with Crippen LogP contribution in [0, 0.1) is 13.8 Å². The van der Waals surface area contributed by atoms with E-state index in [1.807, 2.05) is 11.8 Å². The van der Waals surface area contributed by atoms with E-state index < -0.39 is 0 Å². The maximum absolute atomic E-state index is 5.72. The van der Waals surface area contributed by atoms with Crippen LogP contribution in [0.5, 0.6) is 0 Å². The van der Waals surface area contributed by atoms with Gasteiger partial charge in [0.2, 0.25) is 0 Å². The third kappa shape index (κ3) is 3.96. The highest BCUT2D eigenvalue weighted by Gasteiger charge is 2.14. The lowest BCUT2D eigenvalue weighted by Crippen LogP contribution is -2.14. The standard InChI is InChI=1S/C13H23N3S/c1-8(2)17-7-12-15-10(4)13(9(3)6-14)11(5)16-12/h8-9H,6-7,14H2,1-5H3. The lowest BCUT2D eigenvalue weighted by molar-refractivity contribution is 0.736. The molecule has 3 nitrogen and oxygen atoms in total. The third-order valence-corrected chi connectivity index (χ3v) is 3.86. The van der Waals surface area contributed by atoms with Gasteiger partial charge in [0.1, 0.15) is 5.82 Å². The van der Waals surface area contributed by atoms with Crippen LogP contribution in [0.4, 0.5) is 0 Å². The van der Waals surface area contributed by atoms with Gasteiger partial charge in [0.25, 0.3) is 0 Å². The topological polar surface area (TPSA) is 51.8 Å². The minimum Gasteiger partial charge on any atom is -0.330 e. The molecule has 1 unspecified atom stereocenters. The van der Waals surface area contributed by atoms with Crippen molar-refractivity contribution >= 4 is 11.8 Å². The Morgan fingerprint density at radius 2 is 1.65 bits per heavy atom. The largest absolute Gasteiger partial charge is 0.330 e. The fourth-order valence-corrected chi connectivity index (χ4v) is 2.54. The highest BCUT2D eigenvalue weighted by atomic mass is 32.2. The summed E-state index contributed by atoms with van der Waals surface area (Å²) in [6.07, 6.45) is 0. The van der Waals surface area contributed by atoms with E-state index in [-0.39, 0.29) is 0 Å². The van der Waals surface area contributed by atoms with E-state index in [2.05, 4.69) is 44.6 Å². The second-order valence-corrected chi connectivity index (χ2v) is 6.29. The maximum Gasteiger partial charge on any atom is 0.138 e. The highest BCUT2D eigenvalue weighted by Crippen LogP contribution is 2.22. The Morgan fingerprint density at radius 3 is 2.06 bits per heavy atom. The molecule has 0 fully saturated rings. The van der Waals surface area contributed by atoms with E-state index in [1.54, 1.807) is 0 Å². The number of nitrogens with zero attached hydrogens (tertiary/aromatic N) is 2. The summed E-state index contributed by atoms with van der Waals surface area (Å²) in [5.74, 6) is 2.16. The summed E-state index contributed by atoms with van der Waals surface area (Å²) in [5, 5.41) is 0.613. The normalized spacial score (nSPS) is 13.1. The molecule has 1 heterocycles. The maximum atomic E-state index is 5.72. The Balaban J connectivity index is 2.93. The van der Waals surface area contributed by atoms with Gasteiger partial charge in [-0.15, -0.1) is 0 Å². The molecule has 1 atom stereocenters. The van der Waals surface area contributed by atoms with Gasteiger partial charge in [0, 0.05) is 11.4 Å². The average Bonchev–Trinajstić information content (AvgIpc) is 2.25. The molecule has 0 radical (unpaired) electrons. The third-order valence-electron chi connectivity index (χ3n) is 2.77. The Bertz CT molecular complexity index is 354. The first-order valence-corrected chi connectivity index (χ1v) is 7.16. The van der Waals surface area contributed by atoms with Gasteiger partial charge in [-0.3, -0.25) is 0 Å². The Labute approximate surface area is 109 Å². The molecule has 0 saturated carbocycles. The van der Waals surface area contributed by atoms with Crippen LogP contribution in [0.25, 0.3) is 0 Å². The van der Waals surface area contributed by atoms with Crippen molar-refractivity contribution in [3.63, 3.8) is 0 Å². The molecule has 0 amide bonds. The first kappa shape index (κ1) is 14.5. The van der Waals surface area contributed by atoms with Crippen molar-refractivity contribution in [3.8, 4) is 0 Å². The smallest absolute Gasteiger partial charge is 0.138 e. The van der Waals surface area contributed by atoms with Crippen molar-refractivity contribution < 1.29 is 0 Å². The Hall–Kier alpha value is -0.610. The molecule has 0 spiro atoms. The molecule has 0 aliphatic carbocycles. The number of aromatic nitrogens is 2. The summed E-state index contributed by atoms with van der Waals surface area (Å²) >= 11 is 1.87. The van der Waals surface area contributed by atoms with Crippen LogP contribution in [-0.4, -0.2) is 21.8 Å². The molecule has 1 aromatic heterocycles. The molecule has 0 aliphatic rings. The number of rotatable bonds is 5. The molecular formula is C13H23N3S. The predicted molar refractivity (Wildman–Crippen MR) is 75.4 cm³/mol. The van der Waals surface area contributed by atoms with Crippen LogP contribution in [0.3, 0.4) is 0 Å². The zero-order chi connectivity index (χ0) is 13.0. The lowest BCUT2D eigenvalue weighted by Gasteiger charge is -2.15. The van der Waals surface area contributed by atoms with Crippen molar-refractivity contribution in [3.05, 3.63) is 22.8 Å². The summed E-state index contributed by atoms with van der Waals surface area (Å²) < 4.78 is 0. The number of thioether (sulfide) groups is 1. The van der Waals surface area contributed by atoms with Gasteiger partial charge in [-0.1, -0.05) is 20.8 Å². The first-order chi connectivity index (χ1) is 7.95. The zero-order valence-corrected chi connectivity index (χ0v) is 12.3. The average molecular weight is 253 g/mol. The van der Waals surface area contributed by atoms with E-state index in [4.69, 9.17) is 5.73 Å². The summed E-state index contributed by atoms with van der Waals surface area (Å²) in [7, 11) is 0. The number of hydrogen-bond donors (Lipinski definition) is 1. The van der Waals surface area contributed by atoms with Crippen molar-refractivity contribution in [2.24, 2.45) is 5.73 Å². The van der Waals surface area contributed by atoms with Crippen molar-refractivity contribution in [2.45, 2.75) is 51.5 Å². The van der Waals surface area contributed by atoms with Gasteiger partial charge >= 0.3 is 0 Å². The number of nitrogens with two attached hydrogens (primary N) is 1. The molecule has 17 heavy (non-hydrogen) atoms. The number of hydrogen-bond acceptors (Lipinski definition) is 4. The Morgan fingerprint density at radius 1 is 1.12 bits per heavy atom. The number of aryl methyl sites for hydroxylation is 2. The van der Waals surface area contributed by atoms with Crippen molar-refractivity contribution in [1.29, 1.82) is 0 Å². The Kier molecular flexibility index (Phi) is 5.40. The minimum absolute atomic E-state index is 0.335. The summed E-state index contributed by atoms with van der Waals surface area (Å²) in [6.45, 7) is 11.3. The van der Waals surface area contributed by atoms with Gasteiger partial charge in [-0.2, -0.15) is 11.8 Å². The van der Waals surface area contributed by atoms with Crippen LogP contribution in [0.2, 0.25) is 0 Å². The second kappa shape index (κ2) is 6.36. The van der Waals surface area contributed by atoms with Gasteiger partial charge in [-0.25, -0.2) is 9.97 Å². The molecule has 2 N–H and O–H groups in total. The summed E-state index contributed by atoms with van der Waals surface area (Å²) in [6, 6.07) is 0. The minimum atomic E-state index is 0.335. The SMILES string of the molecule is Cc1nc(CSC(C)C)nc(C)c1C(C)CN. The van der Waals surface area contributed by atoms with Crippen molar-refractivity contribution in [2.75, 3.05) is 6.54 Å². The van der Waals surface area contributed by atoms with Gasteiger partial charge in [0.15, 0.2) is 0 Å². The van der Waals surface area contributed by atoms with Crippen LogP contribution >= 0.6 is 11.8 Å². The quantitative estimate of drug-likeness (QED) is 0.876. The lowest BCUT2D eigenvalue weighted by atomic mass is 9.98.